The summed E-state index contributed by atoms with van der Waals surface area (Å²) in [6.45, 7) is 10.1. The first-order valence-corrected chi connectivity index (χ1v) is 13.1. The van der Waals surface area contributed by atoms with E-state index in [-0.39, 0.29) is 25.0 Å². The van der Waals surface area contributed by atoms with Crippen molar-refractivity contribution in [1.82, 2.24) is 10.2 Å². The molecule has 0 saturated heterocycles. The van der Waals surface area contributed by atoms with Crippen LogP contribution in [-0.4, -0.2) is 42.0 Å². The van der Waals surface area contributed by atoms with Crippen molar-refractivity contribution in [1.29, 1.82) is 0 Å². The Labute approximate surface area is 227 Å². The molecule has 3 rings (SSSR count). The van der Waals surface area contributed by atoms with E-state index in [0.29, 0.717) is 23.8 Å². The van der Waals surface area contributed by atoms with Crippen molar-refractivity contribution in [2.24, 2.45) is 0 Å². The molecule has 202 valence electrons. The van der Waals surface area contributed by atoms with E-state index in [2.05, 4.69) is 19.2 Å². The molecule has 1 atom stereocenters. The van der Waals surface area contributed by atoms with Gasteiger partial charge in [0.05, 0.1) is 7.11 Å². The fourth-order valence-electron chi connectivity index (χ4n) is 4.15. The monoisotopic (exact) mass is 516 g/mol. The number of nitrogens with zero attached hydrogens (tertiary/aromatic N) is 1. The standard InChI is InChI=1S/C32H40N2O4/c1-23(2)26-15-17-27(18-16-26)38-22-30(35)34(21-25-13-10-14-28(19-25)37-6)29(31(36)33-32(3,4)5)20-24-11-8-7-9-12-24/h7-19,23,29H,20-22H2,1-6H3,(H,33,36). The predicted octanol–water partition coefficient (Wildman–Crippen LogP) is 5.75. The van der Waals surface area contributed by atoms with Crippen molar-refractivity contribution >= 4 is 11.8 Å². The Bertz CT molecular complexity index is 1180. The molecule has 0 saturated carbocycles. The van der Waals surface area contributed by atoms with E-state index in [1.807, 2.05) is 99.6 Å². The molecule has 6 heteroatoms. The zero-order valence-electron chi connectivity index (χ0n) is 23.4. The Morgan fingerprint density at radius 1 is 0.868 bits per heavy atom. The Morgan fingerprint density at radius 2 is 1.53 bits per heavy atom. The number of rotatable bonds is 11. The van der Waals surface area contributed by atoms with Gasteiger partial charge in [-0.2, -0.15) is 0 Å². The molecule has 6 nitrogen and oxygen atoms in total. The van der Waals surface area contributed by atoms with Crippen LogP contribution in [0.15, 0.2) is 78.9 Å². The highest BCUT2D eigenvalue weighted by molar-refractivity contribution is 5.89. The largest absolute Gasteiger partial charge is 0.497 e. The molecule has 0 spiro atoms. The SMILES string of the molecule is COc1cccc(CN(C(=O)COc2ccc(C(C)C)cc2)C(Cc2ccccc2)C(=O)NC(C)(C)C)c1. The number of ether oxygens (including phenoxy) is 2. The van der Waals surface area contributed by atoms with Crippen molar-refractivity contribution in [2.75, 3.05) is 13.7 Å². The Hall–Kier alpha value is -3.80. The first kappa shape index (κ1) is 28.8. The van der Waals surface area contributed by atoms with Crippen molar-refractivity contribution in [3.63, 3.8) is 0 Å². The summed E-state index contributed by atoms with van der Waals surface area (Å²) in [7, 11) is 1.61. The molecule has 0 aliphatic heterocycles. The molecule has 0 aromatic heterocycles. The van der Waals surface area contributed by atoms with Crippen LogP contribution in [0.3, 0.4) is 0 Å². The van der Waals surface area contributed by atoms with E-state index < -0.39 is 11.6 Å². The molecule has 0 aliphatic carbocycles. The van der Waals surface area contributed by atoms with Gasteiger partial charge in [0.25, 0.3) is 5.91 Å². The second kappa shape index (κ2) is 13.1. The maximum Gasteiger partial charge on any atom is 0.261 e. The number of benzene rings is 3. The summed E-state index contributed by atoms with van der Waals surface area (Å²) >= 11 is 0. The first-order chi connectivity index (χ1) is 18.1. The lowest BCUT2D eigenvalue weighted by Gasteiger charge is -2.33. The molecule has 1 unspecified atom stereocenters. The average Bonchev–Trinajstić information content (AvgIpc) is 2.89. The van der Waals surface area contributed by atoms with E-state index in [0.717, 1.165) is 11.1 Å². The second-order valence-corrected chi connectivity index (χ2v) is 10.8. The minimum atomic E-state index is -0.734. The summed E-state index contributed by atoms with van der Waals surface area (Å²) < 4.78 is 11.3. The summed E-state index contributed by atoms with van der Waals surface area (Å²) in [5, 5.41) is 3.08. The minimum absolute atomic E-state index is 0.181. The minimum Gasteiger partial charge on any atom is -0.497 e. The molecule has 3 aromatic rings. The average molecular weight is 517 g/mol. The van der Waals surface area contributed by atoms with Crippen LogP contribution in [0.2, 0.25) is 0 Å². The summed E-state index contributed by atoms with van der Waals surface area (Å²) in [5.41, 5.74) is 2.58. The Balaban J connectivity index is 1.92. The van der Waals surface area contributed by atoms with Gasteiger partial charge in [0.1, 0.15) is 17.5 Å². The lowest BCUT2D eigenvalue weighted by Crippen LogP contribution is -2.55. The number of hydrogen-bond donors (Lipinski definition) is 1. The van der Waals surface area contributed by atoms with Crippen LogP contribution in [0, 0.1) is 0 Å². The van der Waals surface area contributed by atoms with E-state index in [4.69, 9.17) is 9.47 Å². The van der Waals surface area contributed by atoms with Gasteiger partial charge in [-0.1, -0.05) is 68.4 Å². The molecular weight excluding hydrogens is 476 g/mol. The summed E-state index contributed by atoms with van der Waals surface area (Å²) in [4.78, 5) is 29.0. The van der Waals surface area contributed by atoms with Crippen LogP contribution in [-0.2, 0) is 22.6 Å². The highest BCUT2D eigenvalue weighted by Crippen LogP contribution is 2.21. The third-order valence-corrected chi connectivity index (χ3v) is 6.17. The van der Waals surface area contributed by atoms with Gasteiger partial charge in [-0.25, -0.2) is 0 Å². The number of nitrogens with one attached hydrogen (secondary N) is 1. The van der Waals surface area contributed by atoms with Gasteiger partial charge in [0.15, 0.2) is 6.61 Å². The molecule has 0 bridgehead atoms. The molecule has 3 aromatic carbocycles. The van der Waals surface area contributed by atoms with Crippen LogP contribution in [0.25, 0.3) is 0 Å². The van der Waals surface area contributed by atoms with Crippen molar-refractivity contribution in [3.8, 4) is 11.5 Å². The molecular formula is C32H40N2O4. The zero-order chi connectivity index (χ0) is 27.7. The molecule has 0 aliphatic rings. The van der Waals surface area contributed by atoms with Crippen molar-refractivity contribution in [3.05, 3.63) is 95.6 Å². The van der Waals surface area contributed by atoms with Gasteiger partial charge in [-0.3, -0.25) is 9.59 Å². The number of hydrogen-bond acceptors (Lipinski definition) is 4. The lowest BCUT2D eigenvalue weighted by molar-refractivity contribution is -0.143. The van der Waals surface area contributed by atoms with Crippen LogP contribution >= 0.6 is 0 Å². The van der Waals surface area contributed by atoms with Crippen LogP contribution in [0.4, 0.5) is 0 Å². The second-order valence-electron chi connectivity index (χ2n) is 10.8. The lowest BCUT2D eigenvalue weighted by atomic mass is 10.0. The Kier molecular flexibility index (Phi) is 9.94. The van der Waals surface area contributed by atoms with E-state index in [1.54, 1.807) is 12.0 Å². The van der Waals surface area contributed by atoms with Gasteiger partial charge < -0.3 is 19.7 Å². The van der Waals surface area contributed by atoms with Gasteiger partial charge in [-0.15, -0.1) is 0 Å². The van der Waals surface area contributed by atoms with Gasteiger partial charge >= 0.3 is 0 Å². The number of methoxy groups -OCH3 is 1. The fraction of sp³-hybridized carbons (Fsp3) is 0.375. The summed E-state index contributed by atoms with van der Waals surface area (Å²) in [5.74, 6) is 1.23. The molecule has 38 heavy (non-hydrogen) atoms. The van der Waals surface area contributed by atoms with E-state index >= 15 is 0 Å². The summed E-state index contributed by atoms with van der Waals surface area (Å²) in [6.07, 6.45) is 0.377. The smallest absolute Gasteiger partial charge is 0.261 e. The molecule has 1 N–H and O–H groups in total. The van der Waals surface area contributed by atoms with Crippen molar-refractivity contribution < 1.29 is 19.1 Å². The van der Waals surface area contributed by atoms with Crippen molar-refractivity contribution in [2.45, 2.75) is 65.1 Å². The van der Waals surface area contributed by atoms with E-state index in [9.17, 15) is 9.59 Å². The third kappa shape index (κ3) is 8.65. The molecule has 0 fully saturated rings. The maximum atomic E-state index is 13.7. The quantitative estimate of drug-likeness (QED) is 0.352. The third-order valence-electron chi connectivity index (χ3n) is 6.17. The topological polar surface area (TPSA) is 67.9 Å². The molecule has 0 heterocycles. The number of amides is 2. The summed E-state index contributed by atoms with van der Waals surface area (Å²) in [6, 6.07) is 24.3. The first-order valence-electron chi connectivity index (χ1n) is 13.1. The Morgan fingerprint density at radius 3 is 2.13 bits per heavy atom. The molecule has 2 amide bonds. The van der Waals surface area contributed by atoms with Crippen LogP contribution in [0.5, 0.6) is 11.5 Å². The number of carbonyl (C=O) groups excluding carboxylic acids is 2. The maximum absolute atomic E-state index is 13.7. The van der Waals surface area contributed by atoms with Crippen LogP contribution < -0.4 is 14.8 Å². The fourth-order valence-corrected chi connectivity index (χ4v) is 4.15. The zero-order valence-corrected chi connectivity index (χ0v) is 23.4. The molecule has 0 radical (unpaired) electrons. The van der Waals surface area contributed by atoms with Crippen LogP contribution in [0.1, 0.15) is 57.2 Å². The normalized spacial score (nSPS) is 12.1. The van der Waals surface area contributed by atoms with Gasteiger partial charge in [0, 0.05) is 18.5 Å². The highest BCUT2D eigenvalue weighted by atomic mass is 16.5. The van der Waals surface area contributed by atoms with Gasteiger partial charge in [-0.05, 0) is 67.6 Å². The van der Waals surface area contributed by atoms with Gasteiger partial charge in [0.2, 0.25) is 5.91 Å². The predicted molar refractivity (Wildman–Crippen MR) is 151 cm³/mol. The van der Waals surface area contributed by atoms with E-state index in [1.165, 1.54) is 5.56 Å². The highest BCUT2D eigenvalue weighted by Gasteiger charge is 2.32. The number of carbonyl (C=O) groups is 2.